The second-order valence-corrected chi connectivity index (χ2v) is 3.42. The topological polar surface area (TPSA) is 29.5 Å². The van der Waals surface area contributed by atoms with E-state index in [0.29, 0.717) is 0 Å². The number of rotatable bonds is 7. The number of methoxy groups -OCH3 is 1. The summed E-state index contributed by atoms with van der Waals surface area (Å²) in [6.07, 6.45) is 5.22. The standard InChI is InChI=1S/C10H20O2/c1-4-5-7-10(2,11)8-6-9-12-3/h4,11H,1,5-9H2,2-3H3. The number of allylic oxidation sites excluding steroid dienone is 1. The Bertz CT molecular complexity index is 119. The number of hydrogen-bond acceptors (Lipinski definition) is 2. The predicted octanol–water partition coefficient (Wildman–Crippen LogP) is 2.13. The molecule has 0 fully saturated rings. The van der Waals surface area contributed by atoms with Crippen molar-refractivity contribution in [3.8, 4) is 0 Å². The van der Waals surface area contributed by atoms with Crippen molar-refractivity contribution < 1.29 is 9.84 Å². The van der Waals surface area contributed by atoms with Crippen LogP contribution in [0.5, 0.6) is 0 Å². The van der Waals surface area contributed by atoms with Crippen molar-refractivity contribution in [1.82, 2.24) is 0 Å². The van der Waals surface area contributed by atoms with Crippen LogP contribution in [0.15, 0.2) is 12.7 Å². The summed E-state index contributed by atoms with van der Waals surface area (Å²) < 4.78 is 4.91. The maximum Gasteiger partial charge on any atom is 0.0623 e. The van der Waals surface area contributed by atoms with Gasteiger partial charge >= 0.3 is 0 Å². The summed E-state index contributed by atoms with van der Waals surface area (Å²) in [6, 6.07) is 0. The van der Waals surface area contributed by atoms with E-state index in [1.54, 1.807) is 7.11 Å². The number of ether oxygens (including phenoxy) is 1. The lowest BCUT2D eigenvalue weighted by Crippen LogP contribution is -2.23. The van der Waals surface area contributed by atoms with Gasteiger partial charge < -0.3 is 9.84 Å². The monoisotopic (exact) mass is 172 g/mol. The van der Waals surface area contributed by atoms with Crippen molar-refractivity contribution in [2.75, 3.05) is 13.7 Å². The normalized spacial score (nSPS) is 15.6. The third-order valence-corrected chi connectivity index (χ3v) is 1.95. The van der Waals surface area contributed by atoms with Gasteiger partial charge in [0.2, 0.25) is 0 Å². The van der Waals surface area contributed by atoms with E-state index in [9.17, 15) is 5.11 Å². The largest absolute Gasteiger partial charge is 0.390 e. The van der Waals surface area contributed by atoms with Crippen molar-refractivity contribution in [2.45, 2.75) is 38.2 Å². The summed E-state index contributed by atoms with van der Waals surface area (Å²) in [7, 11) is 1.68. The first kappa shape index (κ1) is 11.7. The highest BCUT2D eigenvalue weighted by atomic mass is 16.5. The van der Waals surface area contributed by atoms with Crippen molar-refractivity contribution in [2.24, 2.45) is 0 Å². The zero-order valence-electron chi connectivity index (χ0n) is 8.18. The summed E-state index contributed by atoms with van der Waals surface area (Å²) in [5, 5.41) is 9.77. The van der Waals surface area contributed by atoms with Crippen LogP contribution in [0.1, 0.15) is 32.6 Å². The molecular weight excluding hydrogens is 152 g/mol. The summed E-state index contributed by atoms with van der Waals surface area (Å²) in [5.41, 5.74) is -0.549. The Morgan fingerprint density at radius 3 is 2.67 bits per heavy atom. The van der Waals surface area contributed by atoms with Gasteiger partial charge in [-0.05, 0) is 32.6 Å². The van der Waals surface area contributed by atoms with Crippen LogP contribution >= 0.6 is 0 Å². The average Bonchev–Trinajstić information content (AvgIpc) is 2.01. The average molecular weight is 172 g/mol. The summed E-state index contributed by atoms with van der Waals surface area (Å²) in [4.78, 5) is 0. The first-order valence-corrected chi connectivity index (χ1v) is 4.44. The molecule has 0 aliphatic rings. The Hall–Kier alpha value is -0.340. The van der Waals surface area contributed by atoms with E-state index in [4.69, 9.17) is 4.74 Å². The first-order chi connectivity index (χ1) is 5.62. The molecule has 0 bridgehead atoms. The molecule has 0 radical (unpaired) electrons. The Labute approximate surface area is 75.2 Å². The molecule has 0 rings (SSSR count). The first-order valence-electron chi connectivity index (χ1n) is 4.44. The van der Waals surface area contributed by atoms with Crippen LogP contribution in [0, 0.1) is 0 Å². The molecule has 0 saturated carbocycles. The molecule has 2 nitrogen and oxygen atoms in total. The molecule has 0 aromatic carbocycles. The molecule has 1 atom stereocenters. The molecule has 1 N–H and O–H groups in total. The van der Waals surface area contributed by atoms with Gasteiger partial charge in [0.1, 0.15) is 0 Å². The molecule has 12 heavy (non-hydrogen) atoms. The molecule has 0 heterocycles. The van der Waals surface area contributed by atoms with Gasteiger partial charge in [0.25, 0.3) is 0 Å². The van der Waals surface area contributed by atoms with Crippen molar-refractivity contribution in [1.29, 1.82) is 0 Å². The third kappa shape index (κ3) is 6.38. The van der Waals surface area contributed by atoms with Gasteiger partial charge in [0.15, 0.2) is 0 Å². The van der Waals surface area contributed by atoms with Crippen molar-refractivity contribution >= 4 is 0 Å². The maximum absolute atomic E-state index is 9.77. The Balaban J connectivity index is 3.48. The van der Waals surface area contributed by atoms with E-state index in [-0.39, 0.29) is 0 Å². The highest BCUT2D eigenvalue weighted by Crippen LogP contribution is 2.18. The van der Waals surface area contributed by atoms with Crippen LogP contribution in [0.3, 0.4) is 0 Å². The van der Waals surface area contributed by atoms with E-state index in [1.807, 2.05) is 13.0 Å². The van der Waals surface area contributed by atoms with Gasteiger partial charge in [-0.2, -0.15) is 0 Å². The van der Waals surface area contributed by atoms with Gasteiger partial charge in [-0.25, -0.2) is 0 Å². The highest BCUT2D eigenvalue weighted by Gasteiger charge is 2.17. The van der Waals surface area contributed by atoms with Crippen molar-refractivity contribution in [3.05, 3.63) is 12.7 Å². The van der Waals surface area contributed by atoms with Crippen LogP contribution in [0.2, 0.25) is 0 Å². The van der Waals surface area contributed by atoms with Crippen LogP contribution in [-0.2, 0) is 4.74 Å². The molecule has 0 spiro atoms. The molecule has 2 heteroatoms. The van der Waals surface area contributed by atoms with Crippen LogP contribution in [-0.4, -0.2) is 24.4 Å². The highest BCUT2D eigenvalue weighted by molar-refractivity contribution is 4.77. The van der Waals surface area contributed by atoms with Crippen LogP contribution in [0.4, 0.5) is 0 Å². The van der Waals surface area contributed by atoms with Gasteiger partial charge in [-0.1, -0.05) is 6.08 Å². The second kappa shape index (κ2) is 6.21. The molecule has 0 saturated heterocycles. The Morgan fingerprint density at radius 1 is 1.50 bits per heavy atom. The van der Waals surface area contributed by atoms with Gasteiger partial charge in [0, 0.05) is 13.7 Å². The molecule has 0 aliphatic carbocycles. The maximum atomic E-state index is 9.77. The fraction of sp³-hybridized carbons (Fsp3) is 0.800. The minimum atomic E-state index is -0.549. The Morgan fingerprint density at radius 2 is 2.17 bits per heavy atom. The summed E-state index contributed by atoms with van der Waals surface area (Å²) >= 11 is 0. The smallest absolute Gasteiger partial charge is 0.0623 e. The molecular formula is C10H20O2. The molecule has 0 aromatic rings. The van der Waals surface area contributed by atoms with Gasteiger partial charge in [-0.3, -0.25) is 0 Å². The quantitative estimate of drug-likeness (QED) is 0.471. The third-order valence-electron chi connectivity index (χ3n) is 1.95. The van der Waals surface area contributed by atoms with Gasteiger partial charge in [0.05, 0.1) is 5.60 Å². The van der Waals surface area contributed by atoms with E-state index in [1.165, 1.54) is 0 Å². The lowest BCUT2D eigenvalue weighted by Gasteiger charge is -2.22. The zero-order chi connectivity index (χ0) is 9.45. The fourth-order valence-electron chi connectivity index (χ4n) is 1.14. The lowest BCUT2D eigenvalue weighted by atomic mass is 9.95. The number of hydrogen-bond donors (Lipinski definition) is 1. The molecule has 0 amide bonds. The summed E-state index contributed by atoms with van der Waals surface area (Å²) in [6.45, 7) is 6.22. The second-order valence-electron chi connectivity index (χ2n) is 3.42. The lowest BCUT2D eigenvalue weighted by molar-refractivity contribution is 0.0334. The minimum absolute atomic E-state index is 0.549. The fourth-order valence-corrected chi connectivity index (χ4v) is 1.14. The van der Waals surface area contributed by atoms with Crippen LogP contribution in [0.25, 0.3) is 0 Å². The summed E-state index contributed by atoms with van der Waals surface area (Å²) in [5.74, 6) is 0. The number of aliphatic hydroxyl groups is 1. The molecule has 72 valence electrons. The van der Waals surface area contributed by atoms with Crippen molar-refractivity contribution in [3.63, 3.8) is 0 Å². The van der Waals surface area contributed by atoms with E-state index in [0.717, 1.165) is 32.3 Å². The molecule has 1 unspecified atom stereocenters. The zero-order valence-corrected chi connectivity index (χ0v) is 8.18. The minimum Gasteiger partial charge on any atom is -0.390 e. The SMILES string of the molecule is C=CCCC(C)(O)CCCOC. The van der Waals surface area contributed by atoms with Crippen LogP contribution < -0.4 is 0 Å². The van der Waals surface area contributed by atoms with E-state index in [2.05, 4.69) is 6.58 Å². The molecule has 0 aromatic heterocycles. The predicted molar refractivity (Wildman–Crippen MR) is 51.2 cm³/mol. The van der Waals surface area contributed by atoms with E-state index >= 15 is 0 Å². The Kier molecular flexibility index (Phi) is 6.03. The van der Waals surface area contributed by atoms with E-state index < -0.39 is 5.60 Å². The molecule has 0 aliphatic heterocycles. The van der Waals surface area contributed by atoms with Gasteiger partial charge in [-0.15, -0.1) is 6.58 Å².